The van der Waals surface area contributed by atoms with Crippen molar-refractivity contribution in [3.63, 3.8) is 0 Å². The molecule has 2 unspecified atom stereocenters. The number of nitrogens with zero attached hydrogens (tertiary/aromatic N) is 1. The van der Waals surface area contributed by atoms with Gasteiger partial charge < -0.3 is 39.5 Å². The third kappa shape index (κ3) is 10.4. The zero-order valence-corrected chi connectivity index (χ0v) is 21.3. The van der Waals surface area contributed by atoms with E-state index in [4.69, 9.17) is 14.6 Å². The van der Waals surface area contributed by atoms with Crippen molar-refractivity contribution in [1.82, 2.24) is 4.90 Å². The predicted molar refractivity (Wildman–Crippen MR) is 127 cm³/mol. The third-order valence-electron chi connectivity index (χ3n) is 4.61. The highest BCUT2D eigenvalue weighted by Gasteiger charge is 2.39. The molecule has 0 saturated carbocycles. The lowest BCUT2D eigenvalue weighted by atomic mass is 10.2. The maximum absolute atomic E-state index is 12.2. The number of hydrogen-bond donors (Lipinski definition) is 4. The highest BCUT2D eigenvalue weighted by molar-refractivity contribution is 8.78. The first-order valence-corrected chi connectivity index (χ1v) is 13.1. The summed E-state index contributed by atoms with van der Waals surface area (Å²) in [6.45, 7) is 2.29. The quantitative estimate of drug-likeness (QED) is 0.0876. The molecule has 1 amide bonds. The number of ether oxygens (including phenoxy) is 3. The standard InChI is InChI=1S/C21H29NO12S2/c1-3-35-36-14(7-8-32-16(27)6-4-5-15(25)26)12(2)22(11-23)9-17(28)33-10-13(24)20-18(29)19(30)21(31)34-20/h11,13,20,24,29-30H,3-10H2,1-2H3,(H,25,26)/b14-12-. The molecule has 1 heterocycles. The number of aliphatic carboxylic acids is 1. The predicted octanol–water partition coefficient (Wildman–Crippen LogP) is 1.42. The van der Waals surface area contributed by atoms with Gasteiger partial charge in [-0.1, -0.05) is 28.5 Å². The summed E-state index contributed by atoms with van der Waals surface area (Å²) in [6, 6.07) is 0. The molecule has 0 radical (unpaired) electrons. The Balaban J connectivity index is 2.67. The highest BCUT2D eigenvalue weighted by Crippen LogP contribution is 2.35. The Kier molecular flexibility index (Phi) is 13.8. The van der Waals surface area contributed by atoms with Crippen LogP contribution in [-0.2, 0) is 38.2 Å². The topological polar surface area (TPSA) is 197 Å². The maximum Gasteiger partial charge on any atom is 0.377 e. The molecule has 2 atom stereocenters. The van der Waals surface area contributed by atoms with Crippen molar-refractivity contribution >= 4 is 51.9 Å². The van der Waals surface area contributed by atoms with Gasteiger partial charge in [-0.3, -0.25) is 19.2 Å². The van der Waals surface area contributed by atoms with Crippen LogP contribution in [0.4, 0.5) is 0 Å². The van der Waals surface area contributed by atoms with Crippen molar-refractivity contribution in [2.24, 2.45) is 0 Å². The number of hydrogen-bond acceptors (Lipinski definition) is 13. The van der Waals surface area contributed by atoms with Crippen LogP contribution in [0.1, 0.15) is 39.5 Å². The average molecular weight is 552 g/mol. The van der Waals surface area contributed by atoms with E-state index in [0.29, 0.717) is 17.0 Å². The molecule has 4 N–H and O–H groups in total. The van der Waals surface area contributed by atoms with E-state index in [1.54, 1.807) is 6.92 Å². The molecular formula is C21H29NO12S2. The zero-order valence-electron chi connectivity index (χ0n) is 19.7. The first-order chi connectivity index (χ1) is 17.0. The van der Waals surface area contributed by atoms with Crippen molar-refractivity contribution < 1.29 is 58.6 Å². The summed E-state index contributed by atoms with van der Waals surface area (Å²) in [5, 5.41) is 37.5. The van der Waals surface area contributed by atoms with E-state index < -0.39 is 60.8 Å². The highest BCUT2D eigenvalue weighted by atomic mass is 33.1. The molecule has 0 aromatic carbocycles. The molecule has 202 valence electrons. The fraction of sp³-hybridized carbons (Fsp3) is 0.571. The second-order valence-electron chi connectivity index (χ2n) is 7.26. The molecule has 0 saturated heterocycles. The summed E-state index contributed by atoms with van der Waals surface area (Å²) in [5.74, 6) is -4.87. The van der Waals surface area contributed by atoms with Gasteiger partial charge in [0.25, 0.3) is 0 Å². The van der Waals surface area contributed by atoms with Crippen LogP contribution in [0.5, 0.6) is 0 Å². The van der Waals surface area contributed by atoms with Crippen molar-refractivity contribution in [3.8, 4) is 0 Å². The van der Waals surface area contributed by atoms with E-state index in [2.05, 4.69) is 4.74 Å². The number of amides is 1. The second kappa shape index (κ2) is 16.0. The van der Waals surface area contributed by atoms with Crippen LogP contribution in [0.25, 0.3) is 0 Å². The van der Waals surface area contributed by atoms with Crippen molar-refractivity contribution in [2.75, 3.05) is 25.5 Å². The van der Waals surface area contributed by atoms with E-state index in [1.807, 2.05) is 6.92 Å². The van der Waals surface area contributed by atoms with Crippen LogP contribution in [0.15, 0.2) is 22.1 Å². The summed E-state index contributed by atoms with van der Waals surface area (Å²) >= 11 is 0. The number of aliphatic hydroxyl groups is 3. The molecule has 0 fully saturated rings. The van der Waals surface area contributed by atoms with Gasteiger partial charge in [-0.05, 0) is 13.3 Å². The third-order valence-corrected chi connectivity index (χ3v) is 7.32. The van der Waals surface area contributed by atoms with Gasteiger partial charge in [0.1, 0.15) is 19.3 Å². The number of carboxylic acid groups (broad SMARTS) is 1. The SMILES string of the molecule is CCSS/C(CCOC(=O)CCCC(=O)O)=C(/C)N(C=O)CC(=O)OCC(O)C1OC(=O)C(O)=C1O. The fourth-order valence-corrected chi connectivity index (χ4v) is 4.76. The van der Waals surface area contributed by atoms with Crippen LogP contribution < -0.4 is 0 Å². The Labute approximate surface area is 214 Å². The smallest absolute Gasteiger partial charge is 0.377 e. The molecule has 13 nitrogen and oxygen atoms in total. The Morgan fingerprint density at radius 2 is 1.86 bits per heavy atom. The molecule has 0 aliphatic carbocycles. The number of carbonyl (C=O) groups excluding carboxylic acids is 4. The normalized spacial score (nSPS) is 16.6. The Morgan fingerprint density at radius 3 is 2.42 bits per heavy atom. The molecular weight excluding hydrogens is 522 g/mol. The van der Waals surface area contributed by atoms with E-state index in [-0.39, 0.29) is 32.3 Å². The van der Waals surface area contributed by atoms with Crippen LogP contribution in [0, 0.1) is 0 Å². The number of allylic oxidation sites excluding steroid dienone is 1. The molecule has 1 rings (SSSR count). The Morgan fingerprint density at radius 1 is 1.17 bits per heavy atom. The van der Waals surface area contributed by atoms with Crippen molar-refractivity contribution in [3.05, 3.63) is 22.1 Å². The molecule has 15 heteroatoms. The molecule has 0 bridgehead atoms. The van der Waals surface area contributed by atoms with Gasteiger partial charge in [0.2, 0.25) is 12.2 Å². The molecule has 1 aliphatic rings. The first kappa shape index (κ1) is 31.1. The van der Waals surface area contributed by atoms with Gasteiger partial charge in [0, 0.05) is 35.6 Å². The molecule has 0 spiro atoms. The minimum atomic E-state index is -1.65. The Bertz CT molecular complexity index is 888. The molecule has 36 heavy (non-hydrogen) atoms. The minimum absolute atomic E-state index is 0.0108. The number of esters is 3. The summed E-state index contributed by atoms with van der Waals surface area (Å²) in [4.78, 5) is 59.1. The summed E-state index contributed by atoms with van der Waals surface area (Å²) < 4.78 is 14.6. The summed E-state index contributed by atoms with van der Waals surface area (Å²) in [7, 11) is 2.81. The molecule has 1 aliphatic heterocycles. The van der Waals surface area contributed by atoms with Gasteiger partial charge in [-0.25, -0.2) is 4.79 Å². The van der Waals surface area contributed by atoms with Gasteiger partial charge >= 0.3 is 23.9 Å². The Hall–Kier alpha value is -2.91. The second-order valence-corrected chi connectivity index (χ2v) is 9.94. The van der Waals surface area contributed by atoms with E-state index in [0.717, 1.165) is 10.7 Å². The number of carboxylic acids is 1. The van der Waals surface area contributed by atoms with Gasteiger partial charge in [0.05, 0.1) is 6.61 Å². The van der Waals surface area contributed by atoms with Crippen molar-refractivity contribution in [1.29, 1.82) is 0 Å². The van der Waals surface area contributed by atoms with Crippen molar-refractivity contribution in [2.45, 2.75) is 51.7 Å². The van der Waals surface area contributed by atoms with Gasteiger partial charge in [0.15, 0.2) is 11.9 Å². The number of aliphatic hydroxyl groups excluding tert-OH is 3. The van der Waals surface area contributed by atoms with Crippen LogP contribution in [-0.4, -0.2) is 93.3 Å². The lowest BCUT2D eigenvalue weighted by molar-refractivity contribution is -0.155. The van der Waals surface area contributed by atoms with Crippen LogP contribution in [0.2, 0.25) is 0 Å². The van der Waals surface area contributed by atoms with E-state index in [9.17, 15) is 39.3 Å². The zero-order chi connectivity index (χ0) is 27.3. The summed E-state index contributed by atoms with van der Waals surface area (Å²) in [5.41, 5.74) is 0.408. The van der Waals surface area contributed by atoms with Gasteiger partial charge in [-0.2, -0.15) is 0 Å². The average Bonchev–Trinajstić information content (AvgIpc) is 3.09. The number of rotatable bonds is 17. The lowest BCUT2D eigenvalue weighted by Crippen LogP contribution is -2.36. The largest absolute Gasteiger partial charge is 0.505 e. The van der Waals surface area contributed by atoms with E-state index in [1.165, 1.54) is 21.6 Å². The summed E-state index contributed by atoms with van der Waals surface area (Å²) in [6.07, 6.45) is -2.60. The maximum atomic E-state index is 12.2. The van der Waals surface area contributed by atoms with Crippen LogP contribution in [0.3, 0.4) is 0 Å². The number of carbonyl (C=O) groups is 5. The number of cyclic esters (lactones) is 1. The van der Waals surface area contributed by atoms with Gasteiger partial charge in [-0.15, -0.1) is 0 Å². The first-order valence-electron chi connectivity index (χ1n) is 10.8. The molecule has 0 aromatic heterocycles. The fourth-order valence-electron chi connectivity index (χ4n) is 2.70. The minimum Gasteiger partial charge on any atom is -0.505 e. The van der Waals surface area contributed by atoms with Crippen LogP contribution >= 0.6 is 21.6 Å². The monoisotopic (exact) mass is 551 g/mol. The van der Waals surface area contributed by atoms with E-state index >= 15 is 0 Å². The molecule has 0 aromatic rings. The lowest BCUT2D eigenvalue weighted by Gasteiger charge is -2.22.